The van der Waals surface area contributed by atoms with Gasteiger partial charge in [-0.1, -0.05) is 96.3 Å². The molecule has 0 fully saturated rings. The lowest BCUT2D eigenvalue weighted by molar-refractivity contribution is 1.17. The molecule has 8 aromatic rings. The van der Waals surface area contributed by atoms with Crippen molar-refractivity contribution in [3.8, 4) is 0 Å². The second-order valence-corrected chi connectivity index (χ2v) is 13.6. The average Bonchev–Trinajstić information content (AvgIpc) is 3.08. The van der Waals surface area contributed by atoms with Gasteiger partial charge in [-0.05, 0) is 105 Å². The van der Waals surface area contributed by atoms with Gasteiger partial charge in [-0.15, -0.1) is 0 Å². The van der Waals surface area contributed by atoms with Crippen molar-refractivity contribution in [2.75, 3.05) is 9.80 Å². The summed E-state index contributed by atoms with van der Waals surface area (Å²) in [4.78, 5) is 9.98. The van der Waals surface area contributed by atoms with Crippen LogP contribution in [0.15, 0.2) is 165 Å². The summed E-state index contributed by atoms with van der Waals surface area (Å²) >= 11 is 3.70. The van der Waals surface area contributed by atoms with Gasteiger partial charge in [0.2, 0.25) is 0 Å². The Morgan fingerprint density at radius 3 is 0.886 bits per heavy atom. The molecule has 2 aliphatic rings. The number of nitrogens with zero attached hydrogens (tertiary/aromatic N) is 2. The normalized spacial score (nSPS) is 13.6. The van der Waals surface area contributed by atoms with Gasteiger partial charge < -0.3 is 9.80 Å². The summed E-state index contributed by atoms with van der Waals surface area (Å²) in [6.45, 7) is 0. The van der Waals surface area contributed by atoms with Crippen molar-refractivity contribution < 1.29 is 0 Å². The Morgan fingerprint density at radius 2 is 0.591 bits per heavy atom. The van der Waals surface area contributed by atoms with Crippen molar-refractivity contribution in [3.05, 3.63) is 146 Å². The van der Waals surface area contributed by atoms with Crippen LogP contribution in [0.1, 0.15) is 0 Å². The molecule has 2 heterocycles. The summed E-state index contributed by atoms with van der Waals surface area (Å²) in [6.07, 6.45) is 0. The Labute approximate surface area is 263 Å². The minimum Gasteiger partial charge on any atom is -0.308 e. The van der Waals surface area contributed by atoms with Crippen molar-refractivity contribution in [2.45, 2.75) is 19.6 Å². The predicted molar refractivity (Wildman–Crippen MR) is 188 cm³/mol. The van der Waals surface area contributed by atoms with Crippen molar-refractivity contribution in [1.82, 2.24) is 0 Å². The SMILES string of the molecule is c1ccc2c(c1)Sc1ccccc1N2c1cc2ccc3cc(N4c5ccccc5Sc5ccccc54)cc4ccc(c1)c2c34. The summed E-state index contributed by atoms with van der Waals surface area (Å²) < 4.78 is 0. The molecule has 0 atom stereocenters. The summed E-state index contributed by atoms with van der Waals surface area (Å²) in [5.41, 5.74) is 7.30. The minimum atomic E-state index is 1.19. The van der Waals surface area contributed by atoms with Gasteiger partial charge in [0.25, 0.3) is 0 Å². The molecule has 0 saturated carbocycles. The average molecular weight is 597 g/mol. The number of hydrogen-bond acceptors (Lipinski definition) is 4. The largest absolute Gasteiger partial charge is 0.308 e. The van der Waals surface area contributed by atoms with Crippen LogP contribution < -0.4 is 9.80 Å². The lowest BCUT2D eigenvalue weighted by Gasteiger charge is -2.33. The fraction of sp³-hybridized carbons (Fsp3) is 0. The minimum absolute atomic E-state index is 1.19. The molecule has 0 N–H and O–H groups in total. The monoisotopic (exact) mass is 596 g/mol. The molecular weight excluding hydrogens is 573 g/mol. The van der Waals surface area contributed by atoms with Crippen molar-refractivity contribution in [1.29, 1.82) is 0 Å². The van der Waals surface area contributed by atoms with E-state index in [2.05, 4.69) is 155 Å². The molecule has 8 aromatic carbocycles. The second-order valence-electron chi connectivity index (χ2n) is 11.4. The fourth-order valence-electron chi connectivity index (χ4n) is 7.03. The van der Waals surface area contributed by atoms with Gasteiger partial charge in [0.1, 0.15) is 0 Å². The van der Waals surface area contributed by atoms with E-state index in [1.165, 1.54) is 86.0 Å². The molecular formula is C40H24N2S2. The molecule has 0 bridgehead atoms. The van der Waals surface area contributed by atoms with Crippen molar-refractivity contribution >= 4 is 90.0 Å². The van der Waals surface area contributed by atoms with Crippen LogP contribution in [0.25, 0.3) is 32.3 Å². The van der Waals surface area contributed by atoms with E-state index in [0.717, 1.165) is 0 Å². The number of fused-ring (bicyclic) bond motifs is 4. The Morgan fingerprint density at radius 1 is 0.318 bits per heavy atom. The van der Waals surface area contributed by atoms with Crippen molar-refractivity contribution in [3.63, 3.8) is 0 Å². The van der Waals surface area contributed by atoms with Crippen LogP contribution in [0, 0.1) is 0 Å². The van der Waals surface area contributed by atoms with E-state index in [-0.39, 0.29) is 0 Å². The summed E-state index contributed by atoms with van der Waals surface area (Å²) in [5.74, 6) is 0. The highest BCUT2D eigenvalue weighted by atomic mass is 32.2. The van der Waals surface area contributed by atoms with Gasteiger partial charge >= 0.3 is 0 Å². The van der Waals surface area contributed by atoms with Crippen LogP contribution >= 0.6 is 23.5 Å². The number of hydrogen-bond donors (Lipinski definition) is 0. The third-order valence-electron chi connectivity index (χ3n) is 8.88. The van der Waals surface area contributed by atoms with E-state index >= 15 is 0 Å². The Balaban J connectivity index is 1.17. The van der Waals surface area contributed by atoms with E-state index < -0.39 is 0 Å². The topological polar surface area (TPSA) is 6.48 Å². The molecule has 0 aliphatic carbocycles. The molecule has 44 heavy (non-hydrogen) atoms. The van der Waals surface area contributed by atoms with E-state index in [1.807, 2.05) is 23.5 Å². The summed E-state index contributed by atoms with van der Waals surface area (Å²) in [7, 11) is 0. The van der Waals surface area contributed by atoms with Gasteiger partial charge in [0.05, 0.1) is 22.7 Å². The first-order chi connectivity index (χ1) is 21.8. The van der Waals surface area contributed by atoms with Crippen LogP contribution in [0.3, 0.4) is 0 Å². The third-order valence-corrected chi connectivity index (χ3v) is 11.1. The van der Waals surface area contributed by atoms with Gasteiger partial charge in [0, 0.05) is 31.0 Å². The predicted octanol–water partition coefficient (Wildman–Crippen LogP) is 12.5. The highest BCUT2D eigenvalue weighted by Gasteiger charge is 2.27. The Hall–Kier alpha value is -4.90. The van der Waals surface area contributed by atoms with E-state index in [0.29, 0.717) is 0 Å². The first-order valence-electron chi connectivity index (χ1n) is 14.8. The van der Waals surface area contributed by atoms with Gasteiger partial charge in [0.15, 0.2) is 0 Å². The smallest absolute Gasteiger partial charge is 0.0601 e. The zero-order valence-corrected chi connectivity index (χ0v) is 25.2. The maximum Gasteiger partial charge on any atom is 0.0601 e. The standard InChI is InChI=1S/C40H24N2S2/c1-5-13-35-31(9-1)41(32-10-2-6-14-36(32)43-35)29-21-25-17-19-27-23-30(24-28-20-18-26(22-29)39(25)40(27)28)42-33-11-3-7-15-37(33)44-38-16-8-4-12-34(38)42/h1-24H. The molecule has 206 valence electrons. The van der Waals surface area contributed by atoms with Crippen LogP contribution in [0.5, 0.6) is 0 Å². The highest BCUT2D eigenvalue weighted by Crippen LogP contribution is 2.54. The van der Waals surface area contributed by atoms with Crippen LogP contribution in [0.2, 0.25) is 0 Å². The molecule has 2 nitrogen and oxygen atoms in total. The van der Waals surface area contributed by atoms with Crippen molar-refractivity contribution in [2.24, 2.45) is 0 Å². The fourth-order valence-corrected chi connectivity index (χ4v) is 9.14. The maximum absolute atomic E-state index is 2.43. The quantitative estimate of drug-likeness (QED) is 0.183. The molecule has 0 radical (unpaired) electrons. The van der Waals surface area contributed by atoms with E-state index in [4.69, 9.17) is 0 Å². The molecule has 0 saturated heterocycles. The molecule has 0 unspecified atom stereocenters. The zero-order chi connectivity index (χ0) is 28.8. The summed E-state index contributed by atoms with van der Waals surface area (Å²) in [6, 6.07) is 53.6. The first-order valence-corrected chi connectivity index (χ1v) is 16.5. The number of anilines is 6. The van der Waals surface area contributed by atoms with Gasteiger partial charge in [-0.3, -0.25) is 0 Å². The van der Waals surface area contributed by atoms with Gasteiger partial charge in [-0.25, -0.2) is 0 Å². The van der Waals surface area contributed by atoms with Crippen LogP contribution in [0.4, 0.5) is 34.1 Å². The highest BCUT2D eigenvalue weighted by molar-refractivity contribution is 8.00. The number of para-hydroxylation sites is 4. The summed E-state index contributed by atoms with van der Waals surface area (Å²) in [5, 5.41) is 7.72. The molecule has 4 heteroatoms. The third kappa shape index (κ3) is 3.53. The maximum atomic E-state index is 2.43. The lowest BCUT2D eigenvalue weighted by atomic mass is 9.92. The molecule has 10 rings (SSSR count). The first kappa shape index (κ1) is 24.5. The Kier molecular flexibility index (Phi) is 5.18. The number of rotatable bonds is 2. The molecule has 0 aromatic heterocycles. The molecule has 2 aliphatic heterocycles. The van der Waals surface area contributed by atoms with E-state index in [1.54, 1.807) is 0 Å². The van der Waals surface area contributed by atoms with Gasteiger partial charge in [-0.2, -0.15) is 0 Å². The molecule has 0 spiro atoms. The molecule has 0 amide bonds. The second kappa shape index (κ2) is 9.30. The van der Waals surface area contributed by atoms with Crippen LogP contribution in [-0.2, 0) is 0 Å². The van der Waals surface area contributed by atoms with E-state index in [9.17, 15) is 0 Å². The zero-order valence-electron chi connectivity index (χ0n) is 23.6. The Bertz CT molecular complexity index is 2100. The van der Waals surface area contributed by atoms with Crippen LogP contribution in [-0.4, -0.2) is 0 Å². The lowest BCUT2D eigenvalue weighted by Crippen LogP contribution is -2.15. The number of benzene rings is 8.